The molecule has 0 saturated carbocycles. The molecule has 0 spiro atoms. The van der Waals surface area contributed by atoms with Gasteiger partial charge in [-0.1, -0.05) is 27.7 Å². The van der Waals surface area contributed by atoms with Crippen LogP contribution in [0.1, 0.15) is 44.9 Å². The summed E-state index contributed by atoms with van der Waals surface area (Å²) in [5.41, 5.74) is 2.95. The van der Waals surface area contributed by atoms with Crippen LogP contribution in [0.5, 0.6) is 5.75 Å². The first kappa shape index (κ1) is 17.3. The van der Waals surface area contributed by atoms with Crippen molar-refractivity contribution in [1.29, 1.82) is 0 Å². The number of carbonyl (C=O) groups is 1. The number of aromatic amines is 1. The summed E-state index contributed by atoms with van der Waals surface area (Å²) in [6.45, 7) is 8.48. The van der Waals surface area contributed by atoms with Crippen molar-refractivity contribution in [2.75, 3.05) is 13.7 Å². The standard InChI is InChI=1S/C18H25FN2O2/c1-10(2)17-12(6-7-20-18(22)11(3)4)13-8-16(23-5)14(19)9-15(13)21-17/h8-11,21H,6-7H2,1-5H3,(H,20,22). The molecule has 0 saturated heterocycles. The van der Waals surface area contributed by atoms with Crippen LogP contribution in [-0.2, 0) is 11.2 Å². The van der Waals surface area contributed by atoms with E-state index in [0.717, 1.165) is 22.2 Å². The Morgan fingerprint density at radius 2 is 2.00 bits per heavy atom. The van der Waals surface area contributed by atoms with Crippen LogP contribution in [0.15, 0.2) is 12.1 Å². The molecule has 0 unspecified atom stereocenters. The minimum Gasteiger partial charge on any atom is -0.494 e. The van der Waals surface area contributed by atoms with Crippen LogP contribution in [0, 0.1) is 11.7 Å². The van der Waals surface area contributed by atoms with Crippen molar-refractivity contribution in [1.82, 2.24) is 10.3 Å². The molecule has 5 heteroatoms. The first-order chi connectivity index (χ1) is 10.8. The molecule has 0 atom stereocenters. The third-order valence-electron chi connectivity index (χ3n) is 3.99. The maximum absolute atomic E-state index is 13.9. The van der Waals surface area contributed by atoms with Gasteiger partial charge in [-0.15, -0.1) is 0 Å². The van der Waals surface area contributed by atoms with E-state index in [2.05, 4.69) is 24.1 Å². The maximum Gasteiger partial charge on any atom is 0.222 e. The molecule has 0 aliphatic heterocycles. The van der Waals surface area contributed by atoms with Crippen molar-refractivity contribution in [2.24, 2.45) is 5.92 Å². The first-order valence-corrected chi connectivity index (χ1v) is 8.00. The number of benzene rings is 1. The van der Waals surface area contributed by atoms with Crippen molar-refractivity contribution in [3.63, 3.8) is 0 Å². The molecule has 23 heavy (non-hydrogen) atoms. The molecule has 2 rings (SSSR count). The average Bonchev–Trinajstić information content (AvgIpc) is 2.84. The van der Waals surface area contributed by atoms with E-state index in [4.69, 9.17) is 4.74 Å². The van der Waals surface area contributed by atoms with E-state index in [1.54, 1.807) is 6.07 Å². The number of carbonyl (C=O) groups excluding carboxylic acids is 1. The van der Waals surface area contributed by atoms with E-state index >= 15 is 0 Å². The van der Waals surface area contributed by atoms with Gasteiger partial charge in [0.1, 0.15) is 0 Å². The van der Waals surface area contributed by atoms with Crippen molar-refractivity contribution < 1.29 is 13.9 Å². The lowest BCUT2D eigenvalue weighted by Crippen LogP contribution is -2.29. The van der Waals surface area contributed by atoms with Crippen molar-refractivity contribution in [3.05, 3.63) is 29.2 Å². The first-order valence-electron chi connectivity index (χ1n) is 8.00. The molecule has 4 nitrogen and oxygen atoms in total. The molecule has 1 amide bonds. The number of nitrogens with one attached hydrogen (secondary N) is 2. The molecule has 1 aromatic heterocycles. The van der Waals surface area contributed by atoms with E-state index in [-0.39, 0.29) is 29.3 Å². The normalized spacial score (nSPS) is 11.5. The number of amides is 1. The molecule has 1 aromatic carbocycles. The average molecular weight is 320 g/mol. The molecular formula is C18H25FN2O2. The highest BCUT2D eigenvalue weighted by Crippen LogP contribution is 2.32. The number of hydrogen-bond donors (Lipinski definition) is 2. The zero-order valence-corrected chi connectivity index (χ0v) is 14.4. The van der Waals surface area contributed by atoms with E-state index < -0.39 is 0 Å². The third-order valence-corrected chi connectivity index (χ3v) is 3.99. The highest BCUT2D eigenvalue weighted by Gasteiger charge is 2.17. The third kappa shape index (κ3) is 3.66. The van der Waals surface area contributed by atoms with Crippen LogP contribution >= 0.6 is 0 Å². The van der Waals surface area contributed by atoms with Crippen LogP contribution in [-0.4, -0.2) is 24.5 Å². The summed E-state index contributed by atoms with van der Waals surface area (Å²) < 4.78 is 19.0. The second-order valence-corrected chi connectivity index (χ2v) is 6.40. The van der Waals surface area contributed by atoms with Gasteiger partial charge < -0.3 is 15.0 Å². The van der Waals surface area contributed by atoms with Crippen molar-refractivity contribution in [2.45, 2.75) is 40.0 Å². The fraction of sp³-hybridized carbons (Fsp3) is 0.500. The molecule has 2 aromatic rings. The van der Waals surface area contributed by atoms with E-state index in [0.29, 0.717) is 13.0 Å². The minimum atomic E-state index is -0.379. The quantitative estimate of drug-likeness (QED) is 0.851. The molecular weight excluding hydrogens is 295 g/mol. The number of halogens is 1. The van der Waals surface area contributed by atoms with Crippen LogP contribution in [0.2, 0.25) is 0 Å². The smallest absolute Gasteiger partial charge is 0.222 e. The number of fused-ring (bicyclic) bond motifs is 1. The van der Waals surface area contributed by atoms with Crippen LogP contribution in [0.3, 0.4) is 0 Å². The summed E-state index contributed by atoms with van der Waals surface area (Å²) in [7, 11) is 1.46. The molecule has 0 aliphatic carbocycles. The Hall–Kier alpha value is -2.04. The predicted molar refractivity (Wildman–Crippen MR) is 90.4 cm³/mol. The number of aromatic nitrogens is 1. The second-order valence-electron chi connectivity index (χ2n) is 6.40. The van der Waals surface area contributed by atoms with E-state index in [1.807, 2.05) is 13.8 Å². The van der Waals surface area contributed by atoms with Crippen LogP contribution in [0.25, 0.3) is 10.9 Å². The monoisotopic (exact) mass is 320 g/mol. The Morgan fingerprint density at radius 3 is 2.57 bits per heavy atom. The topological polar surface area (TPSA) is 54.1 Å². The summed E-state index contributed by atoms with van der Waals surface area (Å²) in [5, 5.41) is 3.88. The van der Waals surface area contributed by atoms with Crippen molar-refractivity contribution in [3.8, 4) is 5.75 Å². The summed E-state index contributed by atoms with van der Waals surface area (Å²) in [6.07, 6.45) is 0.695. The zero-order valence-electron chi connectivity index (χ0n) is 14.4. The summed E-state index contributed by atoms with van der Waals surface area (Å²) >= 11 is 0. The molecule has 126 valence electrons. The van der Waals surface area contributed by atoms with Gasteiger partial charge in [0.15, 0.2) is 11.6 Å². The molecule has 0 bridgehead atoms. The fourth-order valence-corrected chi connectivity index (χ4v) is 2.71. The molecule has 1 heterocycles. The van der Waals surface area contributed by atoms with E-state index in [1.165, 1.54) is 13.2 Å². The van der Waals surface area contributed by atoms with Gasteiger partial charge >= 0.3 is 0 Å². The predicted octanol–water partition coefficient (Wildman–Crippen LogP) is 3.75. The Balaban J connectivity index is 2.35. The largest absolute Gasteiger partial charge is 0.494 e. The van der Waals surface area contributed by atoms with Gasteiger partial charge in [0, 0.05) is 35.1 Å². The number of ether oxygens (including phenoxy) is 1. The van der Waals surface area contributed by atoms with Crippen molar-refractivity contribution >= 4 is 16.8 Å². The lowest BCUT2D eigenvalue weighted by atomic mass is 10.0. The summed E-state index contributed by atoms with van der Waals surface area (Å²) in [5.74, 6) is 0.152. The summed E-state index contributed by atoms with van der Waals surface area (Å²) in [4.78, 5) is 15.0. The van der Waals surface area contributed by atoms with Crippen LogP contribution < -0.4 is 10.1 Å². The number of H-pyrrole nitrogens is 1. The van der Waals surface area contributed by atoms with Gasteiger partial charge in [-0.25, -0.2) is 4.39 Å². The second kappa shape index (κ2) is 7.02. The van der Waals surface area contributed by atoms with Gasteiger partial charge in [-0.3, -0.25) is 4.79 Å². The number of rotatable bonds is 6. The Morgan fingerprint density at radius 1 is 1.30 bits per heavy atom. The van der Waals surface area contributed by atoms with Gasteiger partial charge in [0.25, 0.3) is 0 Å². The molecule has 2 N–H and O–H groups in total. The van der Waals surface area contributed by atoms with Crippen LogP contribution in [0.4, 0.5) is 4.39 Å². The number of hydrogen-bond acceptors (Lipinski definition) is 2. The SMILES string of the molecule is COc1cc2c(CCNC(=O)C(C)C)c(C(C)C)[nH]c2cc1F. The molecule has 0 fully saturated rings. The molecule has 0 aliphatic rings. The molecule has 0 radical (unpaired) electrons. The zero-order chi connectivity index (χ0) is 17.1. The highest BCUT2D eigenvalue weighted by atomic mass is 19.1. The van der Waals surface area contributed by atoms with Gasteiger partial charge in [-0.05, 0) is 24.0 Å². The fourth-order valence-electron chi connectivity index (χ4n) is 2.71. The Labute approximate surface area is 136 Å². The lowest BCUT2D eigenvalue weighted by molar-refractivity contribution is -0.123. The number of methoxy groups -OCH3 is 1. The summed E-state index contributed by atoms with van der Waals surface area (Å²) in [6, 6.07) is 3.20. The van der Waals surface area contributed by atoms with Gasteiger partial charge in [0.2, 0.25) is 5.91 Å². The maximum atomic E-state index is 13.9. The minimum absolute atomic E-state index is 0.0308. The van der Waals surface area contributed by atoms with Gasteiger partial charge in [0.05, 0.1) is 7.11 Å². The highest BCUT2D eigenvalue weighted by molar-refractivity contribution is 5.86. The Kier molecular flexibility index (Phi) is 5.29. The van der Waals surface area contributed by atoms with E-state index in [9.17, 15) is 9.18 Å². The lowest BCUT2D eigenvalue weighted by Gasteiger charge is -2.10. The Bertz CT molecular complexity index is 705. The van der Waals surface area contributed by atoms with Gasteiger partial charge in [-0.2, -0.15) is 0 Å².